The molecular formula is C19H16ClN3O3. The predicted molar refractivity (Wildman–Crippen MR) is 95.1 cm³/mol. The smallest absolute Gasteiger partial charge is 0.241 e. The Morgan fingerprint density at radius 1 is 0.846 bits per heavy atom. The maximum absolute atomic E-state index is 5.92. The largest absolute Gasteiger partial charge is 0.468 e. The van der Waals surface area contributed by atoms with Crippen molar-refractivity contribution in [2.45, 2.75) is 19.6 Å². The predicted octanol–water partition coefficient (Wildman–Crippen LogP) is 4.78. The Morgan fingerprint density at radius 2 is 1.50 bits per heavy atom. The number of nitrogens with zero attached hydrogens (tertiary/aromatic N) is 3. The summed E-state index contributed by atoms with van der Waals surface area (Å²) >= 11 is 5.92. The standard InChI is InChI=1S/C19H16ClN3O3/c20-15-7-5-14(6-8-15)19-21-18(26-22-19)13-23(11-16-3-1-9-24-16)12-17-4-2-10-25-17/h1-10H,11-13H2. The number of rotatable bonds is 7. The van der Waals surface area contributed by atoms with Crippen molar-refractivity contribution in [2.75, 3.05) is 0 Å². The van der Waals surface area contributed by atoms with Crippen molar-refractivity contribution in [3.05, 3.63) is 83.5 Å². The van der Waals surface area contributed by atoms with Gasteiger partial charge < -0.3 is 13.4 Å². The van der Waals surface area contributed by atoms with Gasteiger partial charge in [-0.2, -0.15) is 4.98 Å². The van der Waals surface area contributed by atoms with Crippen LogP contribution in [-0.4, -0.2) is 15.0 Å². The van der Waals surface area contributed by atoms with E-state index in [0.29, 0.717) is 36.4 Å². The second-order valence-corrected chi connectivity index (χ2v) is 6.26. The van der Waals surface area contributed by atoms with Crippen LogP contribution in [0, 0.1) is 0 Å². The van der Waals surface area contributed by atoms with Crippen LogP contribution in [0.5, 0.6) is 0 Å². The van der Waals surface area contributed by atoms with Gasteiger partial charge in [-0.15, -0.1) is 0 Å². The molecular weight excluding hydrogens is 354 g/mol. The zero-order valence-corrected chi connectivity index (χ0v) is 14.6. The summed E-state index contributed by atoms with van der Waals surface area (Å²) in [6, 6.07) is 14.9. The molecule has 0 unspecified atom stereocenters. The maximum atomic E-state index is 5.92. The fourth-order valence-electron chi connectivity index (χ4n) is 2.64. The van der Waals surface area contributed by atoms with Crippen molar-refractivity contribution >= 4 is 11.6 Å². The lowest BCUT2D eigenvalue weighted by Crippen LogP contribution is -2.22. The van der Waals surface area contributed by atoms with Crippen molar-refractivity contribution in [1.29, 1.82) is 0 Å². The fraction of sp³-hybridized carbons (Fsp3) is 0.158. The maximum Gasteiger partial charge on any atom is 0.241 e. The molecule has 0 aliphatic carbocycles. The minimum Gasteiger partial charge on any atom is -0.468 e. The first-order valence-corrected chi connectivity index (χ1v) is 8.50. The van der Waals surface area contributed by atoms with Crippen LogP contribution < -0.4 is 0 Å². The van der Waals surface area contributed by atoms with Gasteiger partial charge in [0.1, 0.15) is 11.5 Å². The van der Waals surface area contributed by atoms with Crippen LogP contribution in [0.3, 0.4) is 0 Å². The number of aromatic nitrogens is 2. The molecule has 1 aromatic carbocycles. The van der Waals surface area contributed by atoms with E-state index in [1.54, 1.807) is 24.7 Å². The molecule has 0 radical (unpaired) electrons. The summed E-state index contributed by atoms with van der Waals surface area (Å²) in [6.45, 7) is 1.68. The summed E-state index contributed by atoms with van der Waals surface area (Å²) in [5, 5.41) is 4.73. The van der Waals surface area contributed by atoms with E-state index in [2.05, 4.69) is 15.0 Å². The van der Waals surface area contributed by atoms with E-state index in [1.807, 2.05) is 36.4 Å². The normalized spacial score (nSPS) is 11.3. The highest BCUT2D eigenvalue weighted by Crippen LogP contribution is 2.20. The van der Waals surface area contributed by atoms with Crippen LogP contribution >= 0.6 is 11.6 Å². The lowest BCUT2D eigenvalue weighted by atomic mass is 10.2. The minimum atomic E-state index is 0.474. The molecule has 0 saturated heterocycles. The topological polar surface area (TPSA) is 68.4 Å². The number of furan rings is 2. The summed E-state index contributed by atoms with van der Waals surface area (Å²) in [7, 11) is 0. The molecule has 3 heterocycles. The van der Waals surface area contributed by atoms with Crippen LogP contribution in [0.15, 0.2) is 74.4 Å². The van der Waals surface area contributed by atoms with Crippen molar-refractivity contribution < 1.29 is 13.4 Å². The van der Waals surface area contributed by atoms with Gasteiger partial charge in [-0.25, -0.2) is 0 Å². The van der Waals surface area contributed by atoms with Gasteiger partial charge in [-0.1, -0.05) is 16.8 Å². The van der Waals surface area contributed by atoms with Gasteiger partial charge in [0.25, 0.3) is 0 Å². The molecule has 3 aromatic heterocycles. The van der Waals surface area contributed by atoms with E-state index in [4.69, 9.17) is 25.0 Å². The van der Waals surface area contributed by atoms with Gasteiger partial charge in [0, 0.05) is 10.6 Å². The molecule has 6 nitrogen and oxygen atoms in total. The minimum absolute atomic E-state index is 0.474. The van der Waals surface area contributed by atoms with E-state index in [9.17, 15) is 0 Å². The SMILES string of the molecule is Clc1ccc(-c2noc(CN(Cc3ccco3)Cc3ccco3)n2)cc1. The molecule has 0 spiro atoms. The summed E-state index contributed by atoms with van der Waals surface area (Å²) < 4.78 is 16.3. The summed E-state index contributed by atoms with van der Waals surface area (Å²) in [6.07, 6.45) is 3.32. The lowest BCUT2D eigenvalue weighted by Gasteiger charge is -2.17. The van der Waals surface area contributed by atoms with Gasteiger partial charge in [0.05, 0.1) is 32.2 Å². The molecule has 4 rings (SSSR count). The molecule has 0 bridgehead atoms. The Morgan fingerprint density at radius 3 is 2.08 bits per heavy atom. The Labute approximate surface area is 155 Å². The highest BCUT2D eigenvalue weighted by molar-refractivity contribution is 6.30. The van der Waals surface area contributed by atoms with Gasteiger partial charge in [0.15, 0.2) is 0 Å². The average Bonchev–Trinajstić information content (AvgIpc) is 3.38. The van der Waals surface area contributed by atoms with Gasteiger partial charge in [-0.05, 0) is 48.5 Å². The number of halogens is 1. The molecule has 0 fully saturated rings. The Kier molecular flexibility index (Phi) is 4.86. The van der Waals surface area contributed by atoms with Gasteiger partial charge in [0.2, 0.25) is 11.7 Å². The van der Waals surface area contributed by atoms with Crippen LogP contribution in [0.4, 0.5) is 0 Å². The van der Waals surface area contributed by atoms with Crippen molar-refractivity contribution in [3.63, 3.8) is 0 Å². The lowest BCUT2D eigenvalue weighted by molar-refractivity contribution is 0.183. The van der Waals surface area contributed by atoms with Crippen molar-refractivity contribution in [1.82, 2.24) is 15.0 Å². The molecule has 0 aliphatic heterocycles. The van der Waals surface area contributed by atoms with Gasteiger partial charge >= 0.3 is 0 Å². The first kappa shape index (κ1) is 16.6. The van der Waals surface area contributed by atoms with Crippen LogP contribution in [0.2, 0.25) is 5.02 Å². The molecule has 0 atom stereocenters. The quantitative estimate of drug-likeness (QED) is 0.467. The summed E-state index contributed by atoms with van der Waals surface area (Å²) in [5.41, 5.74) is 0.855. The third-order valence-corrected chi connectivity index (χ3v) is 4.10. The Bertz CT molecular complexity index is 895. The molecule has 0 saturated carbocycles. The average molecular weight is 370 g/mol. The zero-order chi connectivity index (χ0) is 17.8. The number of benzene rings is 1. The van der Waals surface area contributed by atoms with Crippen molar-refractivity contribution in [3.8, 4) is 11.4 Å². The highest BCUT2D eigenvalue weighted by Gasteiger charge is 2.16. The van der Waals surface area contributed by atoms with E-state index >= 15 is 0 Å². The molecule has 0 N–H and O–H groups in total. The van der Waals surface area contributed by atoms with E-state index in [1.165, 1.54) is 0 Å². The highest BCUT2D eigenvalue weighted by atomic mass is 35.5. The van der Waals surface area contributed by atoms with Gasteiger partial charge in [-0.3, -0.25) is 4.90 Å². The van der Waals surface area contributed by atoms with Crippen LogP contribution in [0.25, 0.3) is 11.4 Å². The number of hydrogen-bond donors (Lipinski definition) is 0. The first-order valence-electron chi connectivity index (χ1n) is 8.12. The second kappa shape index (κ2) is 7.59. The fourth-order valence-corrected chi connectivity index (χ4v) is 2.77. The summed E-state index contributed by atoms with van der Waals surface area (Å²) in [4.78, 5) is 6.59. The molecule has 26 heavy (non-hydrogen) atoms. The third kappa shape index (κ3) is 4.04. The monoisotopic (exact) mass is 369 g/mol. The first-order chi connectivity index (χ1) is 12.8. The molecule has 0 aliphatic rings. The second-order valence-electron chi connectivity index (χ2n) is 5.82. The molecule has 4 aromatic rings. The molecule has 0 amide bonds. The molecule has 132 valence electrons. The van der Waals surface area contributed by atoms with Crippen molar-refractivity contribution in [2.24, 2.45) is 0 Å². The summed E-state index contributed by atoms with van der Waals surface area (Å²) in [5.74, 6) is 2.77. The Balaban J connectivity index is 1.50. The molecule has 7 heteroatoms. The van der Waals surface area contributed by atoms with Crippen LogP contribution in [0.1, 0.15) is 17.4 Å². The Hall–Kier alpha value is -2.83. The third-order valence-electron chi connectivity index (χ3n) is 3.85. The van der Waals surface area contributed by atoms with Crippen LogP contribution in [-0.2, 0) is 19.6 Å². The van der Waals surface area contributed by atoms with E-state index in [0.717, 1.165) is 17.1 Å². The number of hydrogen-bond acceptors (Lipinski definition) is 6. The van der Waals surface area contributed by atoms with E-state index in [-0.39, 0.29) is 0 Å². The van der Waals surface area contributed by atoms with E-state index < -0.39 is 0 Å². The zero-order valence-electron chi connectivity index (χ0n) is 13.8.